The standard InChI is InChI=1S/C25H28N2O3S/c1-18(2)23-7-5-6-8-24(23)26-25(28)21-13-11-20(12-14-21)17-27(4)31(29,30)22-15-9-19(3)10-16-22/h5-16,18H,17H2,1-4H3,(H,26,28). The summed E-state index contributed by atoms with van der Waals surface area (Å²) in [7, 11) is -2.03. The van der Waals surface area contributed by atoms with Gasteiger partial charge in [0.1, 0.15) is 0 Å². The Hall–Kier alpha value is -2.96. The van der Waals surface area contributed by atoms with Crippen molar-refractivity contribution in [2.45, 2.75) is 38.1 Å². The highest BCUT2D eigenvalue weighted by molar-refractivity contribution is 7.89. The maximum atomic E-state index is 12.8. The molecule has 0 unspecified atom stereocenters. The molecular formula is C25H28N2O3S. The molecule has 1 amide bonds. The normalized spacial score (nSPS) is 11.7. The van der Waals surface area contributed by atoms with Crippen LogP contribution in [0.15, 0.2) is 77.7 Å². The summed E-state index contributed by atoms with van der Waals surface area (Å²) in [6, 6.07) is 21.6. The van der Waals surface area contributed by atoms with E-state index in [0.717, 1.165) is 22.4 Å². The Bertz CT molecular complexity index is 1150. The molecule has 0 spiro atoms. The molecule has 6 heteroatoms. The van der Waals surface area contributed by atoms with E-state index in [1.165, 1.54) is 4.31 Å². The van der Waals surface area contributed by atoms with Gasteiger partial charge in [-0.15, -0.1) is 0 Å². The molecule has 0 aliphatic heterocycles. The van der Waals surface area contributed by atoms with Gasteiger partial charge in [-0.2, -0.15) is 4.31 Å². The smallest absolute Gasteiger partial charge is 0.255 e. The second-order valence-electron chi connectivity index (χ2n) is 7.97. The molecule has 0 aromatic heterocycles. The summed E-state index contributed by atoms with van der Waals surface area (Å²) in [6.45, 7) is 6.30. The van der Waals surface area contributed by atoms with E-state index in [1.54, 1.807) is 55.6 Å². The lowest BCUT2D eigenvalue weighted by molar-refractivity contribution is 0.102. The van der Waals surface area contributed by atoms with E-state index < -0.39 is 10.0 Å². The van der Waals surface area contributed by atoms with Crippen molar-refractivity contribution in [3.63, 3.8) is 0 Å². The Morgan fingerprint density at radius 1 is 0.935 bits per heavy atom. The van der Waals surface area contributed by atoms with E-state index in [-0.39, 0.29) is 17.3 Å². The zero-order chi connectivity index (χ0) is 22.6. The highest BCUT2D eigenvalue weighted by Gasteiger charge is 2.21. The van der Waals surface area contributed by atoms with Crippen LogP contribution in [-0.4, -0.2) is 25.7 Å². The van der Waals surface area contributed by atoms with Crippen molar-refractivity contribution in [2.24, 2.45) is 0 Å². The number of hydrogen-bond acceptors (Lipinski definition) is 3. The minimum absolute atomic E-state index is 0.194. The number of amides is 1. The van der Waals surface area contributed by atoms with Crippen LogP contribution >= 0.6 is 0 Å². The van der Waals surface area contributed by atoms with Crippen LogP contribution in [0.1, 0.15) is 46.8 Å². The van der Waals surface area contributed by atoms with Crippen LogP contribution in [0.4, 0.5) is 5.69 Å². The Morgan fingerprint density at radius 3 is 2.16 bits per heavy atom. The quantitative estimate of drug-likeness (QED) is 0.554. The molecule has 0 aliphatic carbocycles. The first kappa shape index (κ1) is 22.7. The maximum Gasteiger partial charge on any atom is 0.255 e. The molecule has 0 saturated heterocycles. The minimum atomic E-state index is -3.58. The van der Waals surface area contributed by atoms with E-state index in [1.807, 2.05) is 31.2 Å². The van der Waals surface area contributed by atoms with Crippen LogP contribution in [0.5, 0.6) is 0 Å². The number of anilines is 1. The lowest BCUT2D eigenvalue weighted by atomic mass is 10.0. The SMILES string of the molecule is Cc1ccc(S(=O)(=O)N(C)Cc2ccc(C(=O)Nc3ccccc3C(C)C)cc2)cc1. The molecule has 3 rings (SSSR count). The molecule has 0 heterocycles. The third kappa shape index (κ3) is 5.40. The lowest BCUT2D eigenvalue weighted by Gasteiger charge is -2.18. The Morgan fingerprint density at radius 2 is 1.55 bits per heavy atom. The van der Waals surface area contributed by atoms with Crippen molar-refractivity contribution in [1.29, 1.82) is 0 Å². The number of hydrogen-bond donors (Lipinski definition) is 1. The Labute approximate surface area is 184 Å². The van der Waals surface area contributed by atoms with Crippen molar-refractivity contribution in [2.75, 3.05) is 12.4 Å². The average Bonchev–Trinajstić information content (AvgIpc) is 2.74. The minimum Gasteiger partial charge on any atom is -0.322 e. The molecular weight excluding hydrogens is 408 g/mol. The third-order valence-corrected chi connectivity index (χ3v) is 7.00. The highest BCUT2D eigenvalue weighted by Crippen LogP contribution is 2.24. The second-order valence-corrected chi connectivity index (χ2v) is 10.0. The van der Waals surface area contributed by atoms with Crippen molar-refractivity contribution < 1.29 is 13.2 Å². The molecule has 3 aromatic carbocycles. The first-order valence-corrected chi connectivity index (χ1v) is 11.6. The highest BCUT2D eigenvalue weighted by atomic mass is 32.2. The largest absolute Gasteiger partial charge is 0.322 e. The Kier molecular flexibility index (Phi) is 6.93. The molecule has 0 bridgehead atoms. The van der Waals surface area contributed by atoms with Gasteiger partial charge in [0.25, 0.3) is 5.91 Å². The molecule has 31 heavy (non-hydrogen) atoms. The molecule has 5 nitrogen and oxygen atoms in total. The summed E-state index contributed by atoms with van der Waals surface area (Å²) in [5.74, 6) is 0.102. The van der Waals surface area contributed by atoms with Gasteiger partial charge in [-0.1, -0.05) is 61.9 Å². The molecule has 0 saturated carbocycles. The van der Waals surface area contributed by atoms with Crippen LogP contribution in [0.2, 0.25) is 0 Å². The van der Waals surface area contributed by atoms with Gasteiger partial charge >= 0.3 is 0 Å². The molecule has 3 aromatic rings. The van der Waals surface area contributed by atoms with E-state index >= 15 is 0 Å². The maximum absolute atomic E-state index is 12.8. The number of aryl methyl sites for hydroxylation is 1. The fourth-order valence-corrected chi connectivity index (χ4v) is 4.46. The van der Waals surface area contributed by atoms with E-state index in [2.05, 4.69) is 19.2 Å². The summed E-state index contributed by atoms with van der Waals surface area (Å²) in [5, 5.41) is 2.97. The first-order valence-electron chi connectivity index (χ1n) is 10.2. The van der Waals surface area contributed by atoms with Crippen LogP contribution < -0.4 is 5.32 Å². The third-order valence-electron chi connectivity index (χ3n) is 5.18. The van der Waals surface area contributed by atoms with E-state index in [4.69, 9.17) is 0 Å². The van der Waals surface area contributed by atoms with Gasteiger partial charge in [0.05, 0.1) is 4.90 Å². The van der Waals surface area contributed by atoms with E-state index in [0.29, 0.717) is 11.5 Å². The number of benzene rings is 3. The van der Waals surface area contributed by atoms with Gasteiger partial charge in [-0.25, -0.2) is 8.42 Å². The summed E-state index contributed by atoms with van der Waals surface area (Å²) in [4.78, 5) is 12.9. The predicted molar refractivity (Wildman–Crippen MR) is 125 cm³/mol. The summed E-state index contributed by atoms with van der Waals surface area (Å²) in [6.07, 6.45) is 0. The number of sulfonamides is 1. The number of para-hydroxylation sites is 1. The van der Waals surface area contributed by atoms with Crippen LogP contribution in [-0.2, 0) is 16.6 Å². The fourth-order valence-electron chi connectivity index (χ4n) is 3.30. The van der Waals surface area contributed by atoms with Crippen LogP contribution in [0.25, 0.3) is 0 Å². The molecule has 0 aliphatic rings. The summed E-state index contributed by atoms with van der Waals surface area (Å²) >= 11 is 0. The number of rotatable bonds is 7. The predicted octanol–water partition coefficient (Wildman–Crippen LogP) is 5.19. The van der Waals surface area contributed by atoms with Crippen LogP contribution in [0, 0.1) is 6.92 Å². The van der Waals surface area contributed by atoms with Crippen molar-refractivity contribution in [3.8, 4) is 0 Å². The molecule has 162 valence electrons. The van der Waals surface area contributed by atoms with Gasteiger partial charge in [0.15, 0.2) is 0 Å². The zero-order valence-corrected chi connectivity index (χ0v) is 19.1. The number of carbonyl (C=O) groups is 1. The van der Waals surface area contributed by atoms with Crippen molar-refractivity contribution >= 4 is 21.6 Å². The van der Waals surface area contributed by atoms with Crippen molar-refractivity contribution in [3.05, 3.63) is 95.1 Å². The zero-order valence-electron chi connectivity index (χ0n) is 18.3. The molecule has 0 atom stereocenters. The van der Waals surface area contributed by atoms with Gasteiger partial charge in [-0.3, -0.25) is 4.79 Å². The monoisotopic (exact) mass is 436 g/mol. The van der Waals surface area contributed by atoms with Gasteiger partial charge in [0, 0.05) is 24.8 Å². The number of nitrogens with one attached hydrogen (secondary N) is 1. The van der Waals surface area contributed by atoms with Crippen LogP contribution in [0.3, 0.4) is 0 Å². The average molecular weight is 437 g/mol. The van der Waals surface area contributed by atoms with Gasteiger partial charge < -0.3 is 5.32 Å². The van der Waals surface area contributed by atoms with Crippen molar-refractivity contribution in [1.82, 2.24) is 4.31 Å². The summed E-state index contributed by atoms with van der Waals surface area (Å²) < 4.78 is 26.9. The molecule has 0 radical (unpaired) electrons. The molecule has 0 fully saturated rings. The van der Waals surface area contributed by atoms with E-state index in [9.17, 15) is 13.2 Å². The lowest BCUT2D eigenvalue weighted by Crippen LogP contribution is -2.26. The fraction of sp³-hybridized carbons (Fsp3) is 0.240. The first-order chi connectivity index (χ1) is 14.7. The van der Waals surface area contributed by atoms with Gasteiger partial charge in [0.2, 0.25) is 10.0 Å². The molecule has 1 N–H and O–H groups in total. The van der Waals surface area contributed by atoms with Gasteiger partial charge in [-0.05, 0) is 54.3 Å². The Balaban J connectivity index is 1.70. The number of nitrogens with zero attached hydrogens (tertiary/aromatic N) is 1. The number of carbonyl (C=O) groups excluding carboxylic acids is 1. The second kappa shape index (κ2) is 9.45. The summed E-state index contributed by atoms with van der Waals surface area (Å²) in [5.41, 5.74) is 4.21. The topological polar surface area (TPSA) is 66.5 Å².